The Balaban J connectivity index is 1.48. The summed E-state index contributed by atoms with van der Waals surface area (Å²) in [6, 6.07) is 11.3. The molecule has 1 fully saturated rings. The lowest BCUT2D eigenvalue weighted by atomic mass is 10.1. The maximum absolute atomic E-state index is 12.8. The van der Waals surface area contributed by atoms with E-state index < -0.39 is 5.91 Å². The van der Waals surface area contributed by atoms with Crippen LogP contribution >= 0.6 is 0 Å². The number of hydrogen-bond acceptors (Lipinski definition) is 4. The first kappa shape index (κ1) is 16.1. The number of nitrogens with zero attached hydrogens (tertiary/aromatic N) is 3. The minimum atomic E-state index is -0.473. The number of pyridine rings is 1. The SMILES string of the molecule is NC(=O)c1ccncc1N1CCN(C(=O)c2cc3ccccc3[nH]2)CC1. The van der Waals surface area contributed by atoms with Gasteiger partial charge in [-0.3, -0.25) is 14.6 Å². The number of para-hydroxylation sites is 1. The molecule has 3 aromatic rings. The number of primary amides is 1. The van der Waals surface area contributed by atoms with Crippen LogP contribution in [0.5, 0.6) is 0 Å². The maximum atomic E-state index is 12.8. The third-order valence-corrected chi connectivity index (χ3v) is 4.73. The molecular formula is C19H19N5O2. The standard InChI is InChI=1S/C19H19N5O2/c20-18(25)14-5-6-21-12-17(14)23-7-9-24(10-8-23)19(26)16-11-13-3-1-2-4-15(13)22-16/h1-6,11-12,22H,7-10H2,(H2,20,25). The van der Waals surface area contributed by atoms with Gasteiger partial charge >= 0.3 is 0 Å². The predicted octanol–water partition coefficient (Wildman–Crippen LogP) is 1.62. The van der Waals surface area contributed by atoms with Crippen molar-refractivity contribution in [3.8, 4) is 0 Å². The summed E-state index contributed by atoms with van der Waals surface area (Å²) in [5, 5.41) is 1.02. The average molecular weight is 349 g/mol. The number of carbonyl (C=O) groups excluding carboxylic acids is 2. The number of rotatable bonds is 3. The van der Waals surface area contributed by atoms with Gasteiger partial charge < -0.3 is 20.5 Å². The zero-order chi connectivity index (χ0) is 18.1. The van der Waals surface area contributed by atoms with Crippen molar-refractivity contribution in [2.24, 2.45) is 5.73 Å². The quantitative estimate of drug-likeness (QED) is 0.751. The van der Waals surface area contributed by atoms with Gasteiger partial charge in [0.05, 0.1) is 17.4 Å². The number of anilines is 1. The number of nitrogens with one attached hydrogen (secondary N) is 1. The fraction of sp³-hybridized carbons (Fsp3) is 0.211. The Morgan fingerprint density at radius 1 is 1.08 bits per heavy atom. The summed E-state index contributed by atoms with van der Waals surface area (Å²) in [6.45, 7) is 2.39. The van der Waals surface area contributed by atoms with Gasteiger partial charge in [-0.1, -0.05) is 18.2 Å². The van der Waals surface area contributed by atoms with E-state index in [0.29, 0.717) is 37.4 Å². The molecule has 4 rings (SSSR count). The molecule has 7 nitrogen and oxygen atoms in total. The average Bonchev–Trinajstić information content (AvgIpc) is 3.12. The van der Waals surface area contributed by atoms with Crippen LogP contribution in [0.1, 0.15) is 20.8 Å². The van der Waals surface area contributed by atoms with E-state index in [0.717, 1.165) is 16.6 Å². The molecule has 7 heteroatoms. The van der Waals surface area contributed by atoms with Gasteiger partial charge in [0.1, 0.15) is 5.69 Å². The van der Waals surface area contributed by atoms with Crippen LogP contribution in [-0.4, -0.2) is 52.9 Å². The minimum absolute atomic E-state index is 0.0119. The van der Waals surface area contributed by atoms with Gasteiger partial charge in [-0.25, -0.2) is 0 Å². The second kappa shape index (κ2) is 6.51. The number of nitrogens with two attached hydrogens (primary N) is 1. The largest absolute Gasteiger partial charge is 0.366 e. The van der Waals surface area contributed by atoms with E-state index >= 15 is 0 Å². The first-order valence-electron chi connectivity index (χ1n) is 8.49. The Hall–Kier alpha value is -3.35. The molecule has 3 heterocycles. The van der Waals surface area contributed by atoms with Gasteiger partial charge in [0.2, 0.25) is 0 Å². The summed E-state index contributed by atoms with van der Waals surface area (Å²) in [7, 11) is 0. The van der Waals surface area contributed by atoms with E-state index in [4.69, 9.17) is 5.73 Å². The van der Waals surface area contributed by atoms with Crippen LogP contribution in [-0.2, 0) is 0 Å². The number of amides is 2. The van der Waals surface area contributed by atoms with Crippen LogP contribution in [0.2, 0.25) is 0 Å². The van der Waals surface area contributed by atoms with Crippen molar-refractivity contribution in [3.63, 3.8) is 0 Å². The molecule has 0 bridgehead atoms. The van der Waals surface area contributed by atoms with Gasteiger partial charge in [-0.05, 0) is 18.2 Å². The zero-order valence-corrected chi connectivity index (χ0v) is 14.2. The third kappa shape index (κ3) is 2.88. The lowest BCUT2D eigenvalue weighted by molar-refractivity contribution is 0.0741. The molecule has 2 amide bonds. The summed E-state index contributed by atoms with van der Waals surface area (Å²) in [5.74, 6) is -0.485. The molecule has 0 saturated carbocycles. The smallest absolute Gasteiger partial charge is 0.270 e. The molecule has 1 aromatic carbocycles. The highest BCUT2D eigenvalue weighted by atomic mass is 16.2. The normalized spacial score (nSPS) is 14.6. The number of piperazine rings is 1. The first-order valence-corrected chi connectivity index (χ1v) is 8.49. The number of fused-ring (bicyclic) bond motifs is 1. The summed E-state index contributed by atoms with van der Waals surface area (Å²) in [5.41, 5.74) is 8.17. The van der Waals surface area contributed by atoms with Crippen LogP contribution < -0.4 is 10.6 Å². The van der Waals surface area contributed by atoms with Crippen LogP contribution in [0.25, 0.3) is 10.9 Å². The van der Waals surface area contributed by atoms with Crippen LogP contribution in [0.4, 0.5) is 5.69 Å². The fourth-order valence-corrected chi connectivity index (χ4v) is 3.36. The highest BCUT2D eigenvalue weighted by Crippen LogP contribution is 2.22. The lowest BCUT2D eigenvalue weighted by Gasteiger charge is -2.36. The molecule has 1 aliphatic heterocycles. The molecule has 0 unspecified atom stereocenters. The van der Waals surface area contributed by atoms with E-state index in [2.05, 4.69) is 9.97 Å². The van der Waals surface area contributed by atoms with Crippen molar-refractivity contribution in [1.82, 2.24) is 14.9 Å². The van der Waals surface area contributed by atoms with Gasteiger partial charge in [-0.2, -0.15) is 0 Å². The van der Waals surface area contributed by atoms with E-state index in [9.17, 15) is 9.59 Å². The highest BCUT2D eigenvalue weighted by Gasteiger charge is 2.25. The van der Waals surface area contributed by atoms with Crippen LogP contribution in [0.3, 0.4) is 0 Å². The number of hydrogen-bond donors (Lipinski definition) is 2. The zero-order valence-electron chi connectivity index (χ0n) is 14.2. The van der Waals surface area contributed by atoms with Crippen molar-refractivity contribution in [3.05, 3.63) is 60.0 Å². The molecule has 2 aromatic heterocycles. The topological polar surface area (TPSA) is 95.3 Å². The number of carbonyl (C=O) groups is 2. The van der Waals surface area contributed by atoms with Gasteiger partial charge in [0.15, 0.2) is 0 Å². The van der Waals surface area contributed by atoms with Gasteiger partial charge in [0, 0.05) is 43.3 Å². The summed E-state index contributed by atoms with van der Waals surface area (Å²) >= 11 is 0. The molecule has 1 saturated heterocycles. The van der Waals surface area contributed by atoms with Crippen molar-refractivity contribution in [2.75, 3.05) is 31.1 Å². The summed E-state index contributed by atoms with van der Waals surface area (Å²) in [6.07, 6.45) is 3.20. The molecule has 0 aliphatic carbocycles. The van der Waals surface area contributed by atoms with E-state index in [1.807, 2.05) is 40.1 Å². The second-order valence-electron chi connectivity index (χ2n) is 6.31. The predicted molar refractivity (Wildman–Crippen MR) is 99.2 cm³/mol. The van der Waals surface area contributed by atoms with E-state index in [1.165, 1.54) is 0 Å². The Kier molecular flexibility index (Phi) is 4.04. The molecule has 0 spiro atoms. The number of benzene rings is 1. The molecule has 26 heavy (non-hydrogen) atoms. The molecule has 1 aliphatic rings. The van der Waals surface area contributed by atoms with Crippen LogP contribution in [0.15, 0.2) is 48.8 Å². The van der Waals surface area contributed by atoms with Crippen LogP contribution in [0, 0.1) is 0 Å². The third-order valence-electron chi connectivity index (χ3n) is 4.73. The summed E-state index contributed by atoms with van der Waals surface area (Å²) < 4.78 is 0. The first-order chi connectivity index (χ1) is 12.6. The molecule has 0 atom stereocenters. The fourth-order valence-electron chi connectivity index (χ4n) is 3.36. The number of aromatic amines is 1. The van der Waals surface area contributed by atoms with Crippen molar-refractivity contribution >= 4 is 28.4 Å². The Morgan fingerprint density at radius 3 is 2.58 bits per heavy atom. The summed E-state index contributed by atoms with van der Waals surface area (Å²) in [4.78, 5) is 35.5. The minimum Gasteiger partial charge on any atom is -0.366 e. The molecular weight excluding hydrogens is 330 g/mol. The molecule has 132 valence electrons. The Labute approximate surface area is 150 Å². The second-order valence-corrected chi connectivity index (χ2v) is 6.31. The monoisotopic (exact) mass is 349 g/mol. The Bertz CT molecular complexity index is 940. The van der Waals surface area contributed by atoms with Crippen molar-refractivity contribution in [2.45, 2.75) is 0 Å². The number of aromatic nitrogens is 2. The van der Waals surface area contributed by atoms with Crippen molar-refractivity contribution in [1.29, 1.82) is 0 Å². The number of H-pyrrole nitrogens is 1. The van der Waals surface area contributed by atoms with Gasteiger partial charge in [0.25, 0.3) is 11.8 Å². The van der Waals surface area contributed by atoms with E-state index in [1.54, 1.807) is 18.5 Å². The lowest BCUT2D eigenvalue weighted by Crippen LogP contribution is -2.49. The highest BCUT2D eigenvalue weighted by molar-refractivity contribution is 5.99. The molecule has 0 radical (unpaired) electrons. The molecule has 3 N–H and O–H groups in total. The van der Waals surface area contributed by atoms with E-state index in [-0.39, 0.29) is 5.91 Å². The Morgan fingerprint density at radius 2 is 1.85 bits per heavy atom. The maximum Gasteiger partial charge on any atom is 0.270 e. The van der Waals surface area contributed by atoms with Crippen molar-refractivity contribution < 1.29 is 9.59 Å². The van der Waals surface area contributed by atoms with Gasteiger partial charge in [-0.15, -0.1) is 0 Å².